The fourth-order valence-electron chi connectivity index (χ4n) is 2.10. The molecule has 1 N–H and O–H groups in total. The van der Waals surface area contributed by atoms with Crippen LogP contribution >= 0.6 is 15.9 Å². The standard InChI is InChI=1S/C16H13BrF2O2/c17-14-9-11(3-6-15(14)19)8-12(16(20)21)7-10-1-4-13(18)5-2-10/h1-6,9,12H,7-8H2,(H,20,21). The number of carbonyl (C=O) groups is 1. The van der Waals surface area contributed by atoms with Crippen LogP contribution in [0.1, 0.15) is 11.1 Å². The van der Waals surface area contributed by atoms with Gasteiger partial charge in [0.1, 0.15) is 11.6 Å². The third-order valence-corrected chi connectivity index (χ3v) is 3.82. The Hall–Kier alpha value is -1.75. The van der Waals surface area contributed by atoms with E-state index in [1.807, 2.05) is 0 Å². The lowest BCUT2D eigenvalue weighted by atomic mass is 9.92. The molecule has 0 aliphatic rings. The summed E-state index contributed by atoms with van der Waals surface area (Å²) in [4.78, 5) is 11.4. The molecule has 0 heterocycles. The molecule has 0 saturated heterocycles. The average Bonchev–Trinajstić information content (AvgIpc) is 2.44. The molecular formula is C16H13BrF2O2. The number of hydrogen-bond acceptors (Lipinski definition) is 1. The Kier molecular flexibility index (Phi) is 5.07. The van der Waals surface area contributed by atoms with Gasteiger partial charge >= 0.3 is 5.97 Å². The number of benzene rings is 2. The quantitative estimate of drug-likeness (QED) is 0.872. The van der Waals surface area contributed by atoms with Crippen LogP contribution < -0.4 is 0 Å². The molecule has 2 aromatic carbocycles. The fourth-order valence-corrected chi connectivity index (χ4v) is 2.53. The first kappa shape index (κ1) is 15.6. The van der Waals surface area contributed by atoms with E-state index in [1.165, 1.54) is 18.2 Å². The number of carboxylic acid groups (broad SMARTS) is 1. The molecule has 110 valence electrons. The number of hydrogen-bond donors (Lipinski definition) is 1. The Balaban J connectivity index is 2.13. The highest BCUT2D eigenvalue weighted by Gasteiger charge is 2.19. The Bertz CT molecular complexity index is 641. The summed E-state index contributed by atoms with van der Waals surface area (Å²) in [7, 11) is 0. The van der Waals surface area contributed by atoms with E-state index in [4.69, 9.17) is 0 Å². The molecule has 5 heteroatoms. The predicted octanol–water partition coefficient (Wildman–Crippen LogP) is 4.21. The highest BCUT2D eigenvalue weighted by atomic mass is 79.9. The molecule has 0 aliphatic heterocycles. The summed E-state index contributed by atoms with van der Waals surface area (Å²) >= 11 is 3.08. The van der Waals surface area contributed by atoms with Crippen molar-refractivity contribution in [3.63, 3.8) is 0 Å². The Labute approximate surface area is 129 Å². The summed E-state index contributed by atoms with van der Waals surface area (Å²) in [6.45, 7) is 0. The Morgan fingerprint density at radius 1 is 1.05 bits per heavy atom. The van der Waals surface area contributed by atoms with Crippen LogP contribution in [-0.2, 0) is 17.6 Å². The summed E-state index contributed by atoms with van der Waals surface area (Å²) < 4.78 is 26.3. The lowest BCUT2D eigenvalue weighted by Crippen LogP contribution is -2.19. The summed E-state index contributed by atoms with van der Waals surface area (Å²) in [6.07, 6.45) is 0.580. The normalized spacial score (nSPS) is 12.1. The first-order valence-electron chi connectivity index (χ1n) is 6.37. The second kappa shape index (κ2) is 6.80. The summed E-state index contributed by atoms with van der Waals surface area (Å²) in [5.41, 5.74) is 1.49. The number of rotatable bonds is 5. The molecule has 0 aliphatic carbocycles. The minimum atomic E-state index is -0.931. The molecule has 0 fully saturated rings. The van der Waals surface area contributed by atoms with E-state index in [0.717, 1.165) is 11.1 Å². The molecule has 2 aromatic rings. The van der Waals surface area contributed by atoms with Crippen molar-refractivity contribution in [2.45, 2.75) is 12.8 Å². The first-order chi connectivity index (χ1) is 9.95. The zero-order valence-electron chi connectivity index (χ0n) is 11.0. The number of carboxylic acids is 1. The largest absolute Gasteiger partial charge is 0.481 e. The Morgan fingerprint density at radius 3 is 2.19 bits per heavy atom. The molecule has 0 saturated carbocycles. The average molecular weight is 355 g/mol. The lowest BCUT2D eigenvalue weighted by Gasteiger charge is -2.13. The molecular weight excluding hydrogens is 342 g/mol. The smallest absolute Gasteiger partial charge is 0.307 e. The van der Waals surface area contributed by atoms with E-state index in [0.29, 0.717) is 10.9 Å². The van der Waals surface area contributed by atoms with Crippen molar-refractivity contribution in [3.05, 3.63) is 69.7 Å². The molecule has 2 rings (SSSR count). The second-order valence-corrected chi connectivity index (χ2v) is 5.67. The van der Waals surface area contributed by atoms with Gasteiger partial charge < -0.3 is 5.11 Å². The van der Waals surface area contributed by atoms with Gasteiger partial charge in [-0.1, -0.05) is 18.2 Å². The van der Waals surface area contributed by atoms with Crippen molar-refractivity contribution < 1.29 is 18.7 Å². The minimum absolute atomic E-state index is 0.283. The topological polar surface area (TPSA) is 37.3 Å². The molecule has 0 aromatic heterocycles. The van der Waals surface area contributed by atoms with Crippen molar-refractivity contribution in [2.75, 3.05) is 0 Å². The van der Waals surface area contributed by atoms with Gasteiger partial charge in [-0.25, -0.2) is 8.78 Å². The van der Waals surface area contributed by atoms with Crippen molar-refractivity contribution in [2.24, 2.45) is 5.92 Å². The van der Waals surface area contributed by atoms with Gasteiger partial charge in [-0.15, -0.1) is 0 Å². The van der Waals surface area contributed by atoms with Crippen LogP contribution in [-0.4, -0.2) is 11.1 Å². The van der Waals surface area contributed by atoms with Gasteiger partial charge in [-0.3, -0.25) is 4.79 Å². The lowest BCUT2D eigenvalue weighted by molar-refractivity contribution is -0.141. The van der Waals surface area contributed by atoms with Crippen molar-refractivity contribution >= 4 is 21.9 Å². The predicted molar refractivity (Wildman–Crippen MR) is 79.0 cm³/mol. The Morgan fingerprint density at radius 2 is 1.62 bits per heavy atom. The van der Waals surface area contributed by atoms with E-state index < -0.39 is 11.9 Å². The second-order valence-electron chi connectivity index (χ2n) is 4.82. The van der Waals surface area contributed by atoms with Crippen molar-refractivity contribution in [3.8, 4) is 0 Å². The van der Waals surface area contributed by atoms with Crippen LogP contribution in [0.15, 0.2) is 46.9 Å². The van der Waals surface area contributed by atoms with Crippen LogP contribution in [0.5, 0.6) is 0 Å². The van der Waals surface area contributed by atoms with Crippen LogP contribution in [0.3, 0.4) is 0 Å². The van der Waals surface area contributed by atoms with Gasteiger partial charge in [0.15, 0.2) is 0 Å². The minimum Gasteiger partial charge on any atom is -0.481 e. The molecule has 0 spiro atoms. The van der Waals surface area contributed by atoms with Crippen LogP contribution in [0.4, 0.5) is 8.78 Å². The van der Waals surface area contributed by atoms with Crippen molar-refractivity contribution in [1.29, 1.82) is 0 Å². The third-order valence-electron chi connectivity index (χ3n) is 3.21. The summed E-state index contributed by atoms with van der Waals surface area (Å²) in [5.74, 6) is -2.31. The monoisotopic (exact) mass is 354 g/mol. The van der Waals surface area contributed by atoms with E-state index >= 15 is 0 Å². The van der Waals surface area contributed by atoms with E-state index in [-0.39, 0.29) is 18.1 Å². The maximum absolute atomic E-state index is 13.2. The molecule has 21 heavy (non-hydrogen) atoms. The number of aliphatic carboxylic acids is 1. The number of halogens is 3. The maximum atomic E-state index is 13.2. The zero-order chi connectivity index (χ0) is 15.4. The van der Waals surface area contributed by atoms with Gasteiger partial charge in [0.2, 0.25) is 0 Å². The summed E-state index contributed by atoms with van der Waals surface area (Å²) in [6, 6.07) is 10.2. The van der Waals surface area contributed by atoms with Gasteiger partial charge in [-0.2, -0.15) is 0 Å². The highest BCUT2D eigenvalue weighted by Crippen LogP contribution is 2.21. The van der Waals surface area contributed by atoms with Crippen LogP contribution in [0, 0.1) is 17.6 Å². The summed E-state index contributed by atoms with van der Waals surface area (Å²) in [5, 5.41) is 9.31. The highest BCUT2D eigenvalue weighted by molar-refractivity contribution is 9.10. The van der Waals surface area contributed by atoms with Crippen LogP contribution in [0.25, 0.3) is 0 Å². The van der Waals surface area contributed by atoms with E-state index in [2.05, 4.69) is 15.9 Å². The zero-order valence-corrected chi connectivity index (χ0v) is 12.6. The molecule has 0 amide bonds. The molecule has 0 bridgehead atoms. The van der Waals surface area contributed by atoms with Gasteiger partial charge in [0.05, 0.1) is 10.4 Å². The molecule has 1 atom stereocenters. The third kappa shape index (κ3) is 4.36. The SMILES string of the molecule is O=C(O)C(Cc1ccc(F)cc1)Cc1ccc(F)c(Br)c1. The van der Waals surface area contributed by atoms with Gasteiger partial charge in [0, 0.05) is 0 Å². The van der Waals surface area contributed by atoms with Crippen molar-refractivity contribution in [1.82, 2.24) is 0 Å². The van der Waals surface area contributed by atoms with E-state index in [9.17, 15) is 18.7 Å². The fraction of sp³-hybridized carbons (Fsp3) is 0.188. The van der Waals surface area contributed by atoms with Gasteiger partial charge in [0.25, 0.3) is 0 Å². The first-order valence-corrected chi connectivity index (χ1v) is 7.16. The maximum Gasteiger partial charge on any atom is 0.307 e. The van der Waals surface area contributed by atoms with E-state index in [1.54, 1.807) is 24.3 Å². The molecule has 2 nitrogen and oxygen atoms in total. The molecule has 0 radical (unpaired) electrons. The van der Waals surface area contributed by atoms with Crippen LogP contribution in [0.2, 0.25) is 0 Å². The molecule has 1 unspecified atom stereocenters. The van der Waals surface area contributed by atoms with Gasteiger partial charge in [-0.05, 0) is 64.2 Å².